The summed E-state index contributed by atoms with van der Waals surface area (Å²) in [7, 11) is 0. The van der Waals surface area contributed by atoms with Gasteiger partial charge >= 0.3 is 0 Å². The van der Waals surface area contributed by atoms with Crippen molar-refractivity contribution in [1.29, 1.82) is 0 Å². The van der Waals surface area contributed by atoms with Gasteiger partial charge in [0.15, 0.2) is 17.5 Å². The second-order valence-corrected chi connectivity index (χ2v) is 30.9. The molecule has 0 N–H and O–H groups in total. The minimum Gasteiger partial charge on any atom is -0.309 e. The number of nitrogens with zero attached hydrogens (tertiary/aromatic N) is 6. The largest absolute Gasteiger partial charge is 0.309 e. The summed E-state index contributed by atoms with van der Waals surface area (Å²) in [5, 5.41) is 7.20. The van der Waals surface area contributed by atoms with Gasteiger partial charge in [-0.3, -0.25) is 0 Å². The first-order valence-electron chi connectivity index (χ1n) is 37.7. The molecule has 0 bridgehead atoms. The van der Waals surface area contributed by atoms with Gasteiger partial charge in [0.1, 0.15) is 0 Å². The van der Waals surface area contributed by atoms with E-state index in [0.717, 1.165) is 66.9 Å². The molecule has 4 heterocycles. The van der Waals surface area contributed by atoms with Crippen LogP contribution in [0.25, 0.3) is 183 Å². The van der Waals surface area contributed by atoms with Gasteiger partial charge in [0.05, 0.1) is 33.1 Å². The molecule has 6 nitrogen and oxygen atoms in total. The SMILES string of the molecule is CC(C)c1ccc(-c2ccc3c(c2)c2ccccc2n3-c2ccc(-c3nc(-c4ccc(-n5c6ccccc6c6cc(-c7ccc8c(c7)-c7ccccc7C8(C)C)ccc65)cc4)nc(-c4cccc(-n5c6ccccc6c6cc(-c7ccc8c(c7)-c7ccccc7C8(C)C)ccc65)c4)n3)cc2)cc1-c1ccccc1. The quantitative estimate of drug-likeness (QED) is 0.130. The van der Waals surface area contributed by atoms with Gasteiger partial charge in [-0.25, -0.2) is 15.0 Å². The van der Waals surface area contributed by atoms with E-state index < -0.39 is 0 Å². The van der Waals surface area contributed by atoms with Crippen LogP contribution in [-0.2, 0) is 10.8 Å². The Kier molecular flexibility index (Phi) is 14.1. The maximum atomic E-state index is 5.46. The summed E-state index contributed by atoms with van der Waals surface area (Å²) in [6, 6.07) is 123. The minimum absolute atomic E-state index is 0.0521. The van der Waals surface area contributed by atoms with E-state index in [1.807, 2.05) is 0 Å². The van der Waals surface area contributed by atoms with Crippen molar-refractivity contribution >= 4 is 65.4 Å². The number of para-hydroxylation sites is 3. The fourth-order valence-corrected chi connectivity index (χ4v) is 18.3. The number of hydrogen-bond acceptors (Lipinski definition) is 3. The Hall–Kier alpha value is -13.3. The summed E-state index contributed by atoms with van der Waals surface area (Å²) in [6.07, 6.45) is 0. The predicted octanol–water partition coefficient (Wildman–Crippen LogP) is 26.6. The van der Waals surface area contributed by atoms with Crippen LogP contribution in [-0.4, -0.2) is 28.7 Å². The van der Waals surface area contributed by atoms with E-state index in [1.165, 1.54) is 127 Å². The average molecular weight is 1380 g/mol. The van der Waals surface area contributed by atoms with Gasteiger partial charge in [0.25, 0.3) is 0 Å². The molecule has 0 amide bonds. The molecule has 0 fully saturated rings. The van der Waals surface area contributed by atoms with E-state index in [0.29, 0.717) is 23.4 Å². The number of fused-ring (bicyclic) bond motifs is 15. The zero-order chi connectivity index (χ0) is 72.3. The monoisotopic (exact) mass is 1380 g/mol. The molecule has 0 unspecified atom stereocenters. The second kappa shape index (κ2) is 24.1. The van der Waals surface area contributed by atoms with Crippen LogP contribution in [0, 0.1) is 0 Å². The number of aromatic nitrogens is 6. The summed E-state index contributed by atoms with van der Waals surface area (Å²) < 4.78 is 7.17. The van der Waals surface area contributed by atoms with Gasteiger partial charge in [-0.2, -0.15) is 0 Å². The molecule has 6 heteroatoms. The first-order valence-corrected chi connectivity index (χ1v) is 37.7. The lowest BCUT2D eigenvalue weighted by atomic mass is 9.82. The molecule has 512 valence electrons. The zero-order valence-corrected chi connectivity index (χ0v) is 61.0. The number of hydrogen-bond donors (Lipinski definition) is 0. The summed E-state index contributed by atoms with van der Waals surface area (Å²) in [5.41, 5.74) is 34.3. The van der Waals surface area contributed by atoms with Crippen LogP contribution in [0.2, 0.25) is 0 Å². The molecule has 0 aliphatic heterocycles. The molecule has 0 atom stereocenters. The standard InChI is InChI=1S/C102H74N6/c1-62(2)76-49-39-66(56-82(76)63-21-8-7-9-22-63)69-42-52-95-85(59-69)79-27-12-17-32-92(79)106(95)73-45-35-64(36-46-73)98-103-99(65-37-47-74(48-38-65)107-93-33-18-13-28-80(93)86-60-70(43-53-96(86)107)67-40-50-90-83(57-67)77-25-10-15-30-88(77)101(90,3)4)105-100(104-98)72-23-20-24-75(55-72)108-94-34-19-14-29-81(94)87-61-71(44-54-97(87)108)68-41-51-91-84(58-68)78-26-11-16-31-89(78)102(91,5)6/h7-62H,1-6H3. The van der Waals surface area contributed by atoms with Gasteiger partial charge in [0.2, 0.25) is 0 Å². The first-order chi connectivity index (χ1) is 52.9. The van der Waals surface area contributed by atoms with E-state index in [4.69, 9.17) is 15.0 Å². The summed E-state index contributed by atoms with van der Waals surface area (Å²) in [5.74, 6) is 2.13. The minimum atomic E-state index is -0.0592. The molecular weight excluding hydrogens is 1310 g/mol. The van der Waals surface area contributed by atoms with Crippen molar-refractivity contribution in [3.8, 4) is 118 Å². The van der Waals surface area contributed by atoms with E-state index in [9.17, 15) is 0 Å². The van der Waals surface area contributed by atoms with E-state index in [-0.39, 0.29) is 10.8 Å². The Balaban J connectivity index is 0.668. The molecule has 0 spiro atoms. The Morgan fingerprint density at radius 2 is 0.556 bits per heavy atom. The van der Waals surface area contributed by atoms with Gasteiger partial charge in [-0.15, -0.1) is 0 Å². The fraction of sp³-hybridized carbons (Fsp3) is 0.0882. The molecule has 0 saturated carbocycles. The Morgan fingerprint density at radius 1 is 0.222 bits per heavy atom. The van der Waals surface area contributed by atoms with Gasteiger partial charge in [-0.1, -0.05) is 242 Å². The maximum Gasteiger partial charge on any atom is 0.164 e. The zero-order valence-electron chi connectivity index (χ0n) is 61.0. The molecule has 2 aliphatic carbocycles. The second-order valence-electron chi connectivity index (χ2n) is 30.9. The average Bonchev–Trinajstić information content (AvgIpc) is 1.59. The highest BCUT2D eigenvalue weighted by Crippen LogP contribution is 2.52. The van der Waals surface area contributed by atoms with Gasteiger partial charge in [0, 0.05) is 76.9 Å². The topological polar surface area (TPSA) is 53.5 Å². The molecule has 0 saturated heterocycles. The summed E-state index contributed by atoms with van der Waals surface area (Å²) >= 11 is 0. The van der Waals surface area contributed by atoms with Crippen LogP contribution < -0.4 is 0 Å². The van der Waals surface area contributed by atoms with Gasteiger partial charge in [-0.05, 0) is 234 Å². The molecular formula is C102H74N6. The van der Waals surface area contributed by atoms with Crippen LogP contribution in [0.3, 0.4) is 0 Å². The lowest BCUT2D eigenvalue weighted by Gasteiger charge is -2.21. The summed E-state index contributed by atoms with van der Waals surface area (Å²) in [6.45, 7) is 13.9. The first kappa shape index (κ1) is 63.2. The van der Waals surface area contributed by atoms with Crippen molar-refractivity contribution in [2.45, 2.75) is 58.3 Å². The molecule has 2 aliphatic rings. The highest BCUT2D eigenvalue weighted by atomic mass is 15.0. The molecule has 4 aromatic heterocycles. The van der Waals surface area contributed by atoms with E-state index in [2.05, 4.69) is 389 Å². The van der Waals surface area contributed by atoms with Crippen LogP contribution in [0.4, 0.5) is 0 Å². The van der Waals surface area contributed by atoms with Gasteiger partial charge < -0.3 is 13.7 Å². The van der Waals surface area contributed by atoms with E-state index >= 15 is 0 Å². The lowest BCUT2D eigenvalue weighted by Crippen LogP contribution is -2.14. The molecule has 0 radical (unpaired) electrons. The maximum absolute atomic E-state index is 5.46. The van der Waals surface area contributed by atoms with E-state index in [1.54, 1.807) is 0 Å². The number of benzene rings is 15. The Labute approximate surface area is 627 Å². The molecule has 15 aromatic carbocycles. The van der Waals surface area contributed by atoms with Crippen LogP contribution in [0.15, 0.2) is 334 Å². The Morgan fingerprint density at radius 3 is 1.01 bits per heavy atom. The van der Waals surface area contributed by atoms with Crippen molar-refractivity contribution < 1.29 is 0 Å². The third-order valence-corrected chi connectivity index (χ3v) is 23.7. The Bertz CT molecular complexity index is 6750. The lowest BCUT2D eigenvalue weighted by molar-refractivity contribution is 0.660. The molecule has 108 heavy (non-hydrogen) atoms. The number of rotatable bonds is 11. The third kappa shape index (κ3) is 9.83. The van der Waals surface area contributed by atoms with Crippen LogP contribution in [0.1, 0.15) is 75.3 Å². The van der Waals surface area contributed by atoms with Crippen molar-refractivity contribution in [2.24, 2.45) is 0 Å². The smallest absolute Gasteiger partial charge is 0.164 e. The normalized spacial score (nSPS) is 13.3. The summed E-state index contributed by atoms with van der Waals surface area (Å²) in [4.78, 5) is 16.3. The molecule has 19 aromatic rings. The van der Waals surface area contributed by atoms with Crippen molar-refractivity contribution in [3.63, 3.8) is 0 Å². The van der Waals surface area contributed by atoms with Crippen LogP contribution >= 0.6 is 0 Å². The highest BCUT2D eigenvalue weighted by Gasteiger charge is 2.37. The van der Waals surface area contributed by atoms with Crippen LogP contribution in [0.5, 0.6) is 0 Å². The molecule has 21 rings (SSSR count). The predicted molar refractivity (Wildman–Crippen MR) is 450 cm³/mol. The fourth-order valence-electron chi connectivity index (χ4n) is 18.3. The van der Waals surface area contributed by atoms with Crippen molar-refractivity contribution in [2.75, 3.05) is 0 Å². The van der Waals surface area contributed by atoms with Crippen molar-refractivity contribution in [1.82, 2.24) is 28.7 Å². The van der Waals surface area contributed by atoms with Crippen molar-refractivity contribution in [3.05, 3.63) is 361 Å². The third-order valence-electron chi connectivity index (χ3n) is 23.7. The highest BCUT2D eigenvalue weighted by molar-refractivity contribution is 6.13.